The highest BCUT2D eigenvalue weighted by Crippen LogP contribution is 2.12. The van der Waals surface area contributed by atoms with Crippen molar-refractivity contribution < 1.29 is 4.74 Å². The summed E-state index contributed by atoms with van der Waals surface area (Å²) in [5.74, 6) is 0.647. The molecule has 17 heavy (non-hydrogen) atoms. The summed E-state index contributed by atoms with van der Waals surface area (Å²) in [7, 11) is 0. The fraction of sp³-hybridized carbons (Fsp3) is 0.333. The Bertz CT molecular complexity index is 464. The molecule has 2 N–H and O–H groups in total. The molecule has 0 saturated carbocycles. The fourth-order valence-corrected chi connectivity index (χ4v) is 1.47. The number of nitrogens with zero attached hydrogens (tertiary/aromatic N) is 2. The number of imidazole rings is 1. The zero-order valence-electron chi connectivity index (χ0n) is 10.0. The lowest BCUT2D eigenvalue weighted by atomic mass is 10.3. The van der Waals surface area contributed by atoms with E-state index in [4.69, 9.17) is 4.74 Å². The second-order valence-electron chi connectivity index (χ2n) is 3.65. The van der Waals surface area contributed by atoms with Gasteiger partial charge < -0.3 is 15.0 Å². The minimum atomic E-state index is 0.631. The Morgan fingerprint density at radius 2 is 2.24 bits per heavy atom. The molecule has 0 amide bonds. The lowest BCUT2D eigenvalue weighted by Gasteiger charge is -2.06. The third-order valence-electron chi connectivity index (χ3n) is 2.42. The molecular weight excluding hydrogens is 216 g/mol. The number of aromatic amines is 1. The SMILES string of the molecule is CCOc1ccc(NCc2nc[nH]c2C)cn1. The van der Waals surface area contributed by atoms with Crippen molar-refractivity contribution >= 4 is 5.69 Å². The summed E-state index contributed by atoms with van der Waals surface area (Å²) in [5, 5.41) is 3.26. The molecule has 0 aliphatic heterocycles. The molecule has 0 radical (unpaired) electrons. The molecule has 0 atom stereocenters. The van der Waals surface area contributed by atoms with Gasteiger partial charge >= 0.3 is 0 Å². The van der Waals surface area contributed by atoms with Crippen LogP contribution in [0.25, 0.3) is 0 Å². The molecule has 0 fully saturated rings. The highest BCUT2D eigenvalue weighted by Gasteiger charge is 2.01. The number of nitrogens with one attached hydrogen (secondary N) is 2. The largest absolute Gasteiger partial charge is 0.478 e. The van der Waals surface area contributed by atoms with Gasteiger partial charge in [-0.15, -0.1) is 0 Å². The van der Waals surface area contributed by atoms with Crippen molar-refractivity contribution in [2.24, 2.45) is 0 Å². The van der Waals surface area contributed by atoms with E-state index >= 15 is 0 Å². The molecule has 0 bridgehead atoms. The van der Waals surface area contributed by atoms with Gasteiger partial charge in [-0.2, -0.15) is 0 Å². The van der Waals surface area contributed by atoms with Gasteiger partial charge in [0.15, 0.2) is 0 Å². The van der Waals surface area contributed by atoms with Crippen LogP contribution in [0.3, 0.4) is 0 Å². The van der Waals surface area contributed by atoms with E-state index in [9.17, 15) is 0 Å². The summed E-state index contributed by atoms with van der Waals surface area (Å²) in [6.45, 7) is 5.26. The quantitative estimate of drug-likeness (QED) is 0.829. The van der Waals surface area contributed by atoms with E-state index in [0.29, 0.717) is 19.0 Å². The summed E-state index contributed by atoms with van der Waals surface area (Å²) >= 11 is 0. The summed E-state index contributed by atoms with van der Waals surface area (Å²) in [6, 6.07) is 3.79. The molecule has 2 heterocycles. The maximum atomic E-state index is 5.27. The monoisotopic (exact) mass is 232 g/mol. The van der Waals surface area contributed by atoms with Gasteiger partial charge in [-0.1, -0.05) is 0 Å². The van der Waals surface area contributed by atoms with Crippen LogP contribution in [0.15, 0.2) is 24.7 Å². The lowest BCUT2D eigenvalue weighted by molar-refractivity contribution is 0.327. The Hall–Kier alpha value is -2.04. The first kappa shape index (κ1) is 11.4. The molecule has 2 aromatic rings. The van der Waals surface area contributed by atoms with Crippen molar-refractivity contribution in [2.45, 2.75) is 20.4 Å². The molecule has 5 heteroatoms. The zero-order chi connectivity index (χ0) is 12.1. The number of H-pyrrole nitrogens is 1. The predicted molar refractivity (Wildman–Crippen MR) is 66.1 cm³/mol. The van der Waals surface area contributed by atoms with Crippen LogP contribution in [0, 0.1) is 6.92 Å². The normalized spacial score (nSPS) is 10.2. The van der Waals surface area contributed by atoms with Crippen molar-refractivity contribution in [3.63, 3.8) is 0 Å². The minimum Gasteiger partial charge on any atom is -0.478 e. The number of hydrogen-bond acceptors (Lipinski definition) is 4. The molecule has 0 unspecified atom stereocenters. The number of aryl methyl sites for hydroxylation is 1. The highest BCUT2D eigenvalue weighted by molar-refractivity contribution is 5.42. The molecule has 0 aliphatic rings. The minimum absolute atomic E-state index is 0.631. The molecule has 0 spiro atoms. The Labute approximate surface area is 100 Å². The third-order valence-corrected chi connectivity index (χ3v) is 2.42. The Morgan fingerprint density at radius 3 is 2.82 bits per heavy atom. The average Bonchev–Trinajstić information content (AvgIpc) is 2.75. The van der Waals surface area contributed by atoms with Gasteiger partial charge in [0.2, 0.25) is 5.88 Å². The van der Waals surface area contributed by atoms with Gasteiger partial charge in [0.05, 0.1) is 37.1 Å². The van der Waals surface area contributed by atoms with Crippen LogP contribution in [-0.2, 0) is 6.54 Å². The number of aromatic nitrogens is 3. The maximum Gasteiger partial charge on any atom is 0.213 e. The van der Waals surface area contributed by atoms with Gasteiger partial charge in [-0.05, 0) is 19.9 Å². The number of ether oxygens (including phenoxy) is 1. The van der Waals surface area contributed by atoms with E-state index < -0.39 is 0 Å². The molecular formula is C12H16N4O. The summed E-state index contributed by atoms with van der Waals surface area (Å²) < 4.78 is 5.27. The second kappa shape index (κ2) is 5.34. The predicted octanol–water partition coefficient (Wildman–Crippen LogP) is 2.12. The van der Waals surface area contributed by atoms with E-state index in [2.05, 4.69) is 20.3 Å². The zero-order valence-corrected chi connectivity index (χ0v) is 10.0. The second-order valence-corrected chi connectivity index (χ2v) is 3.65. The first-order chi connectivity index (χ1) is 8.29. The molecule has 0 saturated heterocycles. The number of anilines is 1. The Kier molecular flexibility index (Phi) is 3.59. The van der Waals surface area contributed by atoms with Crippen molar-refractivity contribution in [2.75, 3.05) is 11.9 Å². The van der Waals surface area contributed by atoms with Gasteiger partial charge in [-0.3, -0.25) is 0 Å². The van der Waals surface area contributed by atoms with Gasteiger partial charge in [0.25, 0.3) is 0 Å². The van der Waals surface area contributed by atoms with Crippen LogP contribution in [0.2, 0.25) is 0 Å². The Morgan fingerprint density at radius 1 is 1.35 bits per heavy atom. The Balaban J connectivity index is 1.93. The van der Waals surface area contributed by atoms with Crippen LogP contribution in [-0.4, -0.2) is 21.6 Å². The van der Waals surface area contributed by atoms with Crippen LogP contribution >= 0.6 is 0 Å². The van der Waals surface area contributed by atoms with Crippen LogP contribution < -0.4 is 10.1 Å². The topological polar surface area (TPSA) is 62.8 Å². The molecule has 0 aromatic carbocycles. The first-order valence-electron chi connectivity index (χ1n) is 5.61. The number of hydrogen-bond donors (Lipinski definition) is 2. The van der Waals surface area contributed by atoms with E-state index in [1.54, 1.807) is 12.5 Å². The van der Waals surface area contributed by atoms with Crippen molar-refractivity contribution in [3.05, 3.63) is 36.0 Å². The molecule has 2 rings (SSSR count). The summed E-state index contributed by atoms with van der Waals surface area (Å²) in [5.41, 5.74) is 3.05. The van der Waals surface area contributed by atoms with Gasteiger partial charge in [0, 0.05) is 11.8 Å². The van der Waals surface area contributed by atoms with E-state index in [0.717, 1.165) is 17.1 Å². The molecule has 90 valence electrons. The van der Waals surface area contributed by atoms with Crippen molar-refractivity contribution in [1.29, 1.82) is 0 Å². The molecule has 5 nitrogen and oxygen atoms in total. The van der Waals surface area contributed by atoms with Gasteiger partial charge in [0.1, 0.15) is 0 Å². The molecule has 0 aliphatic carbocycles. The smallest absolute Gasteiger partial charge is 0.213 e. The third kappa shape index (κ3) is 2.96. The van der Waals surface area contributed by atoms with E-state index in [-0.39, 0.29) is 0 Å². The lowest BCUT2D eigenvalue weighted by Crippen LogP contribution is -2.02. The average molecular weight is 232 g/mol. The summed E-state index contributed by atoms with van der Waals surface area (Å²) in [6.07, 6.45) is 3.45. The molecule has 2 aromatic heterocycles. The highest BCUT2D eigenvalue weighted by atomic mass is 16.5. The van der Waals surface area contributed by atoms with Crippen LogP contribution in [0.4, 0.5) is 5.69 Å². The van der Waals surface area contributed by atoms with Crippen molar-refractivity contribution in [3.8, 4) is 5.88 Å². The van der Waals surface area contributed by atoms with Crippen molar-refractivity contribution in [1.82, 2.24) is 15.0 Å². The van der Waals surface area contributed by atoms with E-state index in [1.807, 2.05) is 26.0 Å². The van der Waals surface area contributed by atoms with Crippen LogP contribution in [0.5, 0.6) is 5.88 Å². The number of rotatable bonds is 5. The fourth-order valence-electron chi connectivity index (χ4n) is 1.47. The summed E-state index contributed by atoms with van der Waals surface area (Å²) in [4.78, 5) is 11.4. The van der Waals surface area contributed by atoms with Gasteiger partial charge in [-0.25, -0.2) is 9.97 Å². The first-order valence-corrected chi connectivity index (χ1v) is 5.61. The number of pyridine rings is 1. The maximum absolute atomic E-state index is 5.27. The standard InChI is InChI=1S/C12H16N4O/c1-3-17-12-5-4-10(6-14-12)13-7-11-9(2)15-8-16-11/h4-6,8,13H,3,7H2,1-2H3,(H,15,16). The van der Waals surface area contributed by atoms with Crippen LogP contribution in [0.1, 0.15) is 18.3 Å². The van der Waals surface area contributed by atoms with E-state index in [1.165, 1.54) is 0 Å².